The van der Waals surface area contributed by atoms with Crippen molar-refractivity contribution in [2.75, 3.05) is 26.4 Å². The molecule has 0 saturated heterocycles. The number of hydrogen-bond acceptors (Lipinski definition) is 4. The molecule has 0 bridgehead atoms. The van der Waals surface area contributed by atoms with Gasteiger partial charge >= 0.3 is 0 Å². The second-order valence-electron chi connectivity index (χ2n) is 5.22. The van der Waals surface area contributed by atoms with E-state index in [4.69, 9.17) is 10.2 Å². The summed E-state index contributed by atoms with van der Waals surface area (Å²) in [6.45, 7) is 0.508. The number of nitrogen functional groups attached to an aromatic ring is 1. The fourth-order valence-electron chi connectivity index (χ4n) is 2.11. The molecule has 1 amide bonds. The Bertz CT molecular complexity index is 562. The van der Waals surface area contributed by atoms with Gasteiger partial charge in [0.05, 0.1) is 18.7 Å². The van der Waals surface area contributed by atoms with Crippen LogP contribution in [0, 0.1) is 0 Å². The molecule has 1 unspecified atom stereocenters. The third kappa shape index (κ3) is 4.36. The van der Waals surface area contributed by atoms with E-state index in [9.17, 15) is 4.79 Å². The van der Waals surface area contributed by atoms with E-state index in [1.54, 1.807) is 18.4 Å². The van der Waals surface area contributed by atoms with Crippen molar-refractivity contribution < 1.29 is 9.21 Å². The summed E-state index contributed by atoms with van der Waals surface area (Å²) in [6, 6.07) is 11.1. The molecule has 112 valence electrons. The normalized spacial score (nSPS) is 12.3. The van der Waals surface area contributed by atoms with Crippen LogP contribution >= 0.6 is 0 Å². The van der Waals surface area contributed by atoms with Crippen molar-refractivity contribution >= 4 is 11.6 Å². The van der Waals surface area contributed by atoms with E-state index >= 15 is 0 Å². The van der Waals surface area contributed by atoms with Crippen LogP contribution in [0.3, 0.4) is 0 Å². The molecule has 5 nitrogen and oxygen atoms in total. The standard InChI is InChI=1S/C16H21N3O2/c1-19(2)14(15-4-3-9-21-15)11-18-16(20)10-12-5-7-13(17)8-6-12/h3-9,14H,10-11,17H2,1-2H3,(H,18,20). The van der Waals surface area contributed by atoms with E-state index in [2.05, 4.69) is 5.32 Å². The van der Waals surface area contributed by atoms with Crippen LogP contribution in [0.25, 0.3) is 0 Å². The predicted octanol–water partition coefficient (Wildman–Crippen LogP) is 1.82. The first-order valence-electron chi connectivity index (χ1n) is 6.87. The van der Waals surface area contributed by atoms with Gasteiger partial charge in [-0.25, -0.2) is 0 Å². The van der Waals surface area contributed by atoms with Crippen molar-refractivity contribution in [1.29, 1.82) is 0 Å². The number of carbonyl (C=O) groups is 1. The van der Waals surface area contributed by atoms with E-state index in [1.807, 2.05) is 43.3 Å². The minimum absolute atomic E-state index is 0.0156. The van der Waals surface area contributed by atoms with Gasteiger partial charge < -0.3 is 15.5 Å². The molecule has 21 heavy (non-hydrogen) atoms. The molecule has 2 rings (SSSR count). The van der Waals surface area contributed by atoms with Crippen LogP contribution in [0.15, 0.2) is 47.1 Å². The zero-order chi connectivity index (χ0) is 15.2. The maximum Gasteiger partial charge on any atom is 0.224 e. The minimum Gasteiger partial charge on any atom is -0.468 e. The Kier molecular flexibility index (Phi) is 5.00. The molecule has 0 aliphatic heterocycles. The number of hydrogen-bond donors (Lipinski definition) is 2. The molecule has 0 saturated carbocycles. The van der Waals surface area contributed by atoms with E-state index in [1.165, 1.54) is 0 Å². The number of likely N-dealkylation sites (N-methyl/N-ethyl adjacent to an activating group) is 1. The Hall–Kier alpha value is -2.27. The lowest BCUT2D eigenvalue weighted by atomic mass is 10.1. The summed E-state index contributed by atoms with van der Waals surface area (Å²) >= 11 is 0. The van der Waals surface area contributed by atoms with Gasteiger partial charge in [0, 0.05) is 12.2 Å². The van der Waals surface area contributed by atoms with Gasteiger partial charge in [0.1, 0.15) is 5.76 Å². The smallest absolute Gasteiger partial charge is 0.224 e. The molecule has 1 heterocycles. The van der Waals surface area contributed by atoms with E-state index in [0.29, 0.717) is 18.7 Å². The zero-order valence-electron chi connectivity index (χ0n) is 12.4. The molecule has 0 aliphatic rings. The number of nitrogens with two attached hydrogens (primary N) is 1. The number of rotatable bonds is 6. The first kappa shape index (κ1) is 15.1. The molecule has 1 aromatic carbocycles. The number of nitrogens with zero attached hydrogens (tertiary/aromatic N) is 1. The molecule has 0 aliphatic carbocycles. The number of nitrogens with one attached hydrogen (secondary N) is 1. The maximum atomic E-state index is 12.0. The monoisotopic (exact) mass is 287 g/mol. The molecule has 2 aromatic rings. The summed E-state index contributed by atoms with van der Waals surface area (Å²) in [5.41, 5.74) is 7.27. The highest BCUT2D eigenvalue weighted by Crippen LogP contribution is 2.17. The second kappa shape index (κ2) is 6.95. The van der Waals surface area contributed by atoms with Crippen LogP contribution in [-0.4, -0.2) is 31.4 Å². The van der Waals surface area contributed by atoms with Gasteiger partial charge in [-0.05, 0) is 43.9 Å². The largest absolute Gasteiger partial charge is 0.468 e. The van der Waals surface area contributed by atoms with Gasteiger partial charge in [-0.3, -0.25) is 9.69 Å². The van der Waals surface area contributed by atoms with Crippen LogP contribution in [-0.2, 0) is 11.2 Å². The SMILES string of the molecule is CN(C)C(CNC(=O)Cc1ccc(N)cc1)c1ccco1. The predicted molar refractivity (Wildman–Crippen MR) is 82.7 cm³/mol. The van der Waals surface area contributed by atoms with E-state index in [0.717, 1.165) is 11.3 Å². The van der Waals surface area contributed by atoms with Crippen molar-refractivity contribution in [1.82, 2.24) is 10.2 Å². The van der Waals surface area contributed by atoms with Gasteiger partial charge in [-0.2, -0.15) is 0 Å². The van der Waals surface area contributed by atoms with Crippen molar-refractivity contribution in [2.24, 2.45) is 0 Å². The summed E-state index contributed by atoms with van der Waals surface area (Å²) in [5.74, 6) is 0.825. The highest BCUT2D eigenvalue weighted by Gasteiger charge is 2.17. The van der Waals surface area contributed by atoms with E-state index < -0.39 is 0 Å². The fraction of sp³-hybridized carbons (Fsp3) is 0.312. The molecule has 0 spiro atoms. The first-order valence-corrected chi connectivity index (χ1v) is 6.87. The highest BCUT2D eigenvalue weighted by atomic mass is 16.3. The topological polar surface area (TPSA) is 71.5 Å². The Balaban J connectivity index is 1.89. The lowest BCUT2D eigenvalue weighted by Gasteiger charge is -2.22. The van der Waals surface area contributed by atoms with Crippen LogP contribution < -0.4 is 11.1 Å². The molecular weight excluding hydrogens is 266 g/mol. The van der Waals surface area contributed by atoms with Crippen LogP contribution in [0.2, 0.25) is 0 Å². The summed E-state index contributed by atoms with van der Waals surface area (Å²) in [4.78, 5) is 14.0. The molecule has 1 atom stereocenters. The number of carbonyl (C=O) groups excluding carboxylic acids is 1. The number of anilines is 1. The molecular formula is C16H21N3O2. The van der Waals surface area contributed by atoms with Crippen molar-refractivity contribution in [3.63, 3.8) is 0 Å². The van der Waals surface area contributed by atoms with Gasteiger partial charge in [0.2, 0.25) is 5.91 Å². The zero-order valence-corrected chi connectivity index (χ0v) is 12.4. The third-order valence-electron chi connectivity index (χ3n) is 3.33. The second-order valence-corrected chi connectivity index (χ2v) is 5.22. The van der Waals surface area contributed by atoms with Crippen LogP contribution in [0.1, 0.15) is 17.4 Å². The van der Waals surface area contributed by atoms with Crippen LogP contribution in [0.5, 0.6) is 0 Å². The van der Waals surface area contributed by atoms with Gasteiger partial charge in [0.15, 0.2) is 0 Å². The third-order valence-corrected chi connectivity index (χ3v) is 3.33. The summed E-state index contributed by atoms with van der Waals surface area (Å²) in [6.07, 6.45) is 1.99. The Morgan fingerprint density at radius 2 is 2.00 bits per heavy atom. The lowest BCUT2D eigenvalue weighted by molar-refractivity contribution is -0.120. The lowest BCUT2D eigenvalue weighted by Crippen LogP contribution is -2.35. The Morgan fingerprint density at radius 1 is 1.29 bits per heavy atom. The van der Waals surface area contributed by atoms with Crippen molar-refractivity contribution in [3.8, 4) is 0 Å². The maximum absolute atomic E-state index is 12.0. The molecule has 0 radical (unpaired) electrons. The first-order chi connectivity index (χ1) is 10.1. The highest BCUT2D eigenvalue weighted by molar-refractivity contribution is 5.78. The molecule has 0 fully saturated rings. The fourth-order valence-corrected chi connectivity index (χ4v) is 2.11. The summed E-state index contributed by atoms with van der Waals surface area (Å²) in [5, 5.41) is 2.94. The van der Waals surface area contributed by atoms with E-state index in [-0.39, 0.29) is 11.9 Å². The summed E-state index contributed by atoms with van der Waals surface area (Å²) < 4.78 is 5.41. The quantitative estimate of drug-likeness (QED) is 0.795. The minimum atomic E-state index is -0.0156. The number of furan rings is 1. The molecule has 1 aromatic heterocycles. The molecule has 3 N–H and O–H groups in total. The summed E-state index contributed by atoms with van der Waals surface area (Å²) in [7, 11) is 3.92. The Labute approximate surface area is 124 Å². The van der Waals surface area contributed by atoms with Gasteiger partial charge in [0.25, 0.3) is 0 Å². The van der Waals surface area contributed by atoms with Gasteiger partial charge in [-0.1, -0.05) is 12.1 Å². The number of amides is 1. The van der Waals surface area contributed by atoms with Crippen molar-refractivity contribution in [2.45, 2.75) is 12.5 Å². The average molecular weight is 287 g/mol. The molecule has 5 heteroatoms. The average Bonchev–Trinajstić information content (AvgIpc) is 2.95. The van der Waals surface area contributed by atoms with Crippen LogP contribution in [0.4, 0.5) is 5.69 Å². The van der Waals surface area contributed by atoms with Gasteiger partial charge in [-0.15, -0.1) is 0 Å². The Morgan fingerprint density at radius 3 is 2.57 bits per heavy atom. The van der Waals surface area contributed by atoms with Crippen molar-refractivity contribution in [3.05, 3.63) is 54.0 Å². The number of benzene rings is 1.